The summed E-state index contributed by atoms with van der Waals surface area (Å²) in [7, 11) is 3.80. The van der Waals surface area contributed by atoms with Gasteiger partial charge in [0.05, 0.1) is 19.9 Å². The molecule has 0 atom stereocenters. The van der Waals surface area contributed by atoms with Crippen LogP contribution >= 0.6 is 0 Å². The Labute approximate surface area is 126 Å². The number of nitrogens with one attached hydrogen (secondary N) is 1. The Kier molecular flexibility index (Phi) is 5.84. The van der Waals surface area contributed by atoms with Gasteiger partial charge in [-0.15, -0.1) is 0 Å². The standard InChI is InChI=1S/C17H24N2O2/c1-4-18-11-14-9-10-21-17(14)13-19(2)12-15-7-5-6-8-16(15)20-3/h5-10,18H,4,11-13H2,1-3H3. The summed E-state index contributed by atoms with van der Waals surface area (Å²) < 4.78 is 11.0. The number of methoxy groups -OCH3 is 1. The maximum Gasteiger partial charge on any atom is 0.123 e. The molecule has 0 aliphatic rings. The Bertz CT molecular complexity index is 551. The molecule has 2 aromatic rings. The van der Waals surface area contributed by atoms with Gasteiger partial charge in [-0.25, -0.2) is 0 Å². The molecule has 0 spiro atoms. The van der Waals surface area contributed by atoms with Gasteiger partial charge >= 0.3 is 0 Å². The van der Waals surface area contributed by atoms with Crippen LogP contribution in [0.4, 0.5) is 0 Å². The third-order valence-corrected chi connectivity index (χ3v) is 3.45. The summed E-state index contributed by atoms with van der Waals surface area (Å²) in [4.78, 5) is 2.23. The topological polar surface area (TPSA) is 37.6 Å². The van der Waals surface area contributed by atoms with Crippen LogP contribution in [-0.4, -0.2) is 25.6 Å². The van der Waals surface area contributed by atoms with Crippen LogP contribution in [0.2, 0.25) is 0 Å². The van der Waals surface area contributed by atoms with Gasteiger partial charge in [0.15, 0.2) is 0 Å². The minimum atomic E-state index is 0.784. The highest BCUT2D eigenvalue weighted by atomic mass is 16.5. The summed E-state index contributed by atoms with van der Waals surface area (Å²) in [5.41, 5.74) is 2.41. The van der Waals surface area contributed by atoms with Crippen molar-refractivity contribution in [3.05, 3.63) is 53.5 Å². The molecule has 2 rings (SSSR count). The fraction of sp³-hybridized carbons (Fsp3) is 0.412. The molecule has 1 aromatic carbocycles. The lowest BCUT2D eigenvalue weighted by molar-refractivity contribution is 0.280. The Balaban J connectivity index is 1.98. The minimum Gasteiger partial charge on any atom is -0.496 e. The Morgan fingerprint density at radius 3 is 2.71 bits per heavy atom. The molecular formula is C17H24N2O2. The van der Waals surface area contributed by atoms with Crippen LogP contribution in [0.25, 0.3) is 0 Å². The zero-order valence-corrected chi connectivity index (χ0v) is 13.1. The quantitative estimate of drug-likeness (QED) is 0.810. The lowest BCUT2D eigenvalue weighted by Gasteiger charge is -2.18. The van der Waals surface area contributed by atoms with E-state index in [0.717, 1.165) is 37.7 Å². The molecule has 0 unspecified atom stereocenters. The van der Waals surface area contributed by atoms with E-state index in [2.05, 4.69) is 30.3 Å². The lowest BCUT2D eigenvalue weighted by Crippen LogP contribution is -2.19. The van der Waals surface area contributed by atoms with E-state index in [-0.39, 0.29) is 0 Å². The van der Waals surface area contributed by atoms with Crippen LogP contribution in [0.15, 0.2) is 41.0 Å². The van der Waals surface area contributed by atoms with Gasteiger partial charge in [-0.1, -0.05) is 25.1 Å². The molecule has 1 aromatic heterocycles. The first-order valence-corrected chi connectivity index (χ1v) is 7.31. The normalized spacial score (nSPS) is 11.0. The highest BCUT2D eigenvalue weighted by Gasteiger charge is 2.11. The van der Waals surface area contributed by atoms with Gasteiger partial charge < -0.3 is 14.5 Å². The van der Waals surface area contributed by atoms with Gasteiger partial charge in [-0.3, -0.25) is 4.90 Å². The molecule has 21 heavy (non-hydrogen) atoms. The summed E-state index contributed by atoms with van der Waals surface area (Å²) >= 11 is 0. The van der Waals surface area contributed by atoms with E-state index in [0.29, 0.717) is 0 Å². The number of hydrogen-bond acceptors (Lipinski definition) is 4. The first-order valence-electron chi connectivity index (χ1n) is 7.31. The molecule has 0 radical (unpaired) electrons. The number of ether oxygens (including phenoxy) is 1. The SMILES string of the molecule is CCNCc1ccoc1CN(C)Cc1ccccc1OC. The molecule has 0 bridgehead atoms. The molecular weight excluding hydrogens is 264 g/mol. The van der Waals surface area contributed by atoms with Crippen molar-refractivity contribution in [2.24, 2.45) is 0 Å². The summed E-state index contributed by atoms with van der Waals surface area (Å²) in [6.07, 6.45) is 1.76. The second-order valence-corrected chi connectivity index (χ2v) is 5.13. The van der Waals surface area contributed by atoms with Crippen molar-refractivity contribution in [3.63, 3.8) is 0 Å². The maximum atomic E-state index is 5.61. The molecule has 0 aliphatic carbocycles. The van der Waals surface area contributed by atoms with E-state index in [4.69, 9.17) is 9.15 Å². The average Bonchev–Trinajstić information content (AvgIpc) is 2.92. The number of benzene rings is 1. The Morgan fingerprint density at radius 1 is 1.14 bits per heavy atom. The zero-order chi connectivity index (χ0) is 15.1. The molecule has 0 fully saturated rings. The van der Waals surface area contributed by atoms with Crippen molar-refractivity contribution in [1.82, 2.24) is 10.2 Å². The maximum absolute atomic E-state index is 5.61. The Morgan fingerprint density at radius 2 is 1.95 bits per heavy atom. The monoisotopic (exact) mass is 288 g/mol. The summed E-state index contributed by atoms with van der Waals surface area (Å²) in [6.45, 7) is 5.53. The smallest absolute Gasteiger partial charge is 0.123 e. The first kappa shape index (κ1) is 15.6. The Hall–Kier alpha value is -1.78. The van der Waals surface area contributed by atoms with E-state index < -0.39 is 0 Å². The summed E-state index contributed by atoms with van der Waals surface area (Å²) in [5.74, 6) is 1.95. The third-order valence-electron chi connectivity index (χ3n) is 3.45. The van der Waals surface area contributed by atoms with Crippen molar-refractivity contribution >= 4 is 0 Å². The highest BCUT2D eigenvalue weighted by molar-refractivity contribution is 5.33. The molecule has 0 aliphatic heterocycles. The van der Waals surface area contributed by atoms with Crippen molar-refractivity contribution in [2.45, 2.75) is 26.6 Å². The number of rotatable bonds is 8. The van der Waals surface area contributed by atoms with Crippen LogP contribution in [0, 0.1) is 0 Å². The molecule has 114 valence electrons. The predicted octanol–water partition coefficient (Wildman–Crippen LogP) is 3.03. The number of nitrogens with zero attached hydrogens (tertiary/aromatic N) is 1. The largest absolute Gasteiger partial charge is 0.496 e. The van der Waals surface area contributed by atoms with Gasteiger partial charge in [0, 0.05) is 24.2 Å². The van der Waals surface area contributed by atoms with Gasteiger partial charge in [0.1, 0.15) is 11.5 Å². The molecule has 0 amide bonds. The average molecular weight is 288 g/mol. The highest BCUT2D eigenvalue weighted by Crippen LogP contribution is 2.20. The second-order valence-electron chi connectivity index (χ2n) is 5.13. The van der Waals surface area contributed by atoms with Crippen LogP contribution in [-0.2, 0) is 19.6 Å². The molecule has 1 N–H and O–H groups in total. The van der Waals surface area contributed by atoms with Gasteiger partial charge in [-0.2, -0.15) is 0 Å². The fourth-order valence-electron chi connectivity index (χ4n) is 2.35. The minimum absolute atomic E-state index is 0.784. The van der Waals surface area contributed by atoms with E-state index in [1.807, 2.05) is 24.3 Å². The van der Waals surface area contributed by atoms with Gasteiger partial charge in [0.2, 0.25) is 0 Å². The predicted molar refractivity (Wildman–Crippen MR) is 84.3 cm³/mol. The summed E-state index contributed by atoms with van der Waals surface area (Å²) in [5, 5.41) is 3.33. The van der Waals surface area contributed by atoms with Gasteiger partial charge in [0.25, 0.3) is 0 Å². The zero-order valence-electron chi connectivity index (χ0n) is 13.1. The van der Waals surface area contributed by atoms with E-state index in [9.17, 15) is 0 Å². The first-order chi connectivity index (χ1) is 10.2. The molecule has 1 heterocycles. The molecule has 0 saturated heterocycles. The van der Waals surface area contributed by atoms with E-state index in [1.54, 1.807) is 13.4 Å². The van der Waals surface area contributed by atoms with Crippen LogP contribution in [0.5, 0.6) is 5.75 Å². The van der Waals surface area contributed by atoms with Crippen molar-refractivity contribution in [3.8, 4) is 5.75 Å². The van der Waals surface area contributed by atoms with E-state index >= 15 is 0 Å². The number of para-hydroxylation sites is 1. The van der Waals surface area contributed by atoms with Crippen LogP contribution in [0.3, 0.4) is 0 Å². The van der Waals surface area contributed by atoms with E-state index in [1.165, 1.54) is 11.1 Å². The van der Waals surface area contributed by atoms with Crippen LogP contribution < -0.4 is 10.1 Å². The fourth-order valence-corrected chi connectivity index (χ4v) is 2.35. The molecule has 4 nitrogen and oxygen atoms in total. The number of hydrogen-bond donors (Lipinski definition) is 1. The molecule has 0 saturated carbocycles. The van der Waals surface area contributed by atoms with Crippen molar-refractivity contribution in [1.29, 1.82) is 0 Å². The van der Waals surface area contributed by atoms with Gasteiger partial charge in [-0.05, 0) is 25.7 Å². The van der Waals surface area contributed by atoms with Crippen LogP contribution in [0.1, 0.15) is 23.8 Å². The van der Waals surface area contributed by atoms with Crippen molar-refractivity contribution < 1.29 is 9.15 Å². The lowest BCUT2D eigenvalue weighted by atomic mass is 10.2. The third kappa shape index (κ3) is 4.34. The van der Waals surface area contributed by atoms with Crippen molar-refractivity contribution in [2.75, 3.05) is 20.7 Å². The molecule has 4 heteroatoms. The number of furan rings is 1. The second kappa shape index (κ2) is 7.86. The summed E-state index contributed by atoms with van der Waals surface area (Å²) in [6, 6.07) is 10.1.